The largest absolute Gasteiger partial charge is 0.497 e. The van der Waals surface area contributed by atoms with Crippen molar-refractivity contribution in [1.82, 2.24) is 54.8 Å². The maximum absolute atomic E-state index is 13.7. The second kappa shape index (κ2) is 35.9. The molecule has 0 spiro atoms. The number of aliphatic hydroxyl groups is 4. The lowest BCUT2D eigenvalue weighted by Gasteiger charge is -2.56. The molecule has 0 amide bonds. The third-order valence-electron chi connectivity index (χ3n) is 42.7. The summed E-state index contributed by atoms with van der Waals surface area (Å²) in [6, 6.07) is 25.3. The first-order valence-electron chi connectivity index (χ1n) is 53.7. The third kappa shape index (κ3) is 17.1. The van der Waals surface area contributed by atoms with Crippen LogP contribution in [0.1, 0.15) is 292 Å². The molecule has 4 aromatic heterocycles. The van der Waals surface area contributed by atoms with Crippen molar-refractivity contribution in [3.8, 4) is 17.2 Å². The molecular formula is C113H157N11O11. The lowest BCUT2D eigenvalue weighted by molar-refractivity contribution is -0.133. The molecule has 0 radical (unpaired) electrons. The van der Waals surface area contributed by atoms with E-state index in [0.29, 0.717) is 84.2 Å². The van der Waals surface area contributed by atoms with Gasteiger partial charge < -0.3 is 34.6 Å². The van der Waals surface area contributed by atoms with E-state index in [1.807, 2.05) is 105 Å². The van der Waals surface area contributed by atoms with Crippen molar-refractivity contribution in [2.24, 2.45) is 164 Å². The second-order valence-corrected chi connectivity index (χ2v) is 49.8. The molecule has 4 heterocycles. The Hall–Kier alpha value is -7.53. The molecule has 0 bridgehead atoms. The number of rotatable bonds is 15. The van der Waals surface area contributed by atoms with Gasteiger partial charge in [-0.1, -0.05) is 56.3 Å². The number of ketones is 4. The standard InChI is InChI=1S/C29H40N2O2.3C28H39N3O3/c1-18-20-6-4-5-7-26(20)30-31(18)17-27(32)25-11-10-24-23-9-8-19-16-28(2,33)14-12-21(19)22(23)13-15-29(24,25)3;1-27(33)12-10-19-17(15-27)4-6-21-20(19)11-13-28(2)22(21)7-8-23(28)26(32)16-31-25-9-5-18(34-3)14-24(25)29-30-31;1-27(33)12-10-19-17(15-27)4-6-21-20(19)11-13-28(2)22(21)7-8-23(28)26(32)16-31-25-14-18(34-3)5-9-24(25)29-30-31;1-27(33)12-10-19-17(15-27)4-6-21-20(19)11-13-28(2)22(21)7-8-23(28)26(32)16-31-29-24-9-5-18(34-3)14-25(24)30-31/h4-7,19,21-25,33H,8-17H2,1-3H3;3*5,9,14,17,19-23,33H,4,6-8,10-13,15-16H2,1-3H3/t19-,21+,22-,23-,24+,25-,28-,29+;3*17-,19+,20-,21-,22+,23-,27-,28+/m1111/s1. The summed E-state index contributed by atoms with van der Waals surface area (Å²) >= 11 is 0. The van der Waals surface area contributed by atoms with Gasteiger partial charge in [0, 0.05) is 53.0 Å². The summed E-state index contributed by atoms with van der Waals surface area (Å²) in [6.45, 7) is 21.2. The zero-order valence-corrected chi connectivity index (χ0v) is 83.2. The highest BCUT2D eigenvalue weighted by Crippen LogP contribution is 2.70. The van der Waals surface area contributed by atoms with E-state index in [1.165, 1.54) is 154 Å². The molecule has 16 aliphatic rings. The van der Waals surface area contributed by atoms with Crippen LogP contribution < -0.4 is 14.2 Å². The Labute approximate surface area is 800 Å². The van der Waals surface area contributed by atoms with Crippen LogP contribution in [0.2, 0.25) is 0 Å². The molecule has 32 atom stereocenters. The molecule has 24 rings (SSSR count). The monoisotopic (exact) mass is 1840 g/mol. The van der Waals surface area contributed by atoms with Crippen LogP contribution in [0.15, 0.2) is 78.9 Å². The van der Waals surface area contributed by atoms with Gasteiger partial charge in [0.1, 0.15) is 65.5 Å². The minimum atomic E-state index is -0.461. The fraction of sp³-hybridized carbons (Fsp3) is 0.743. The van der Waals surface area contributed by atoms with Crippen LogP contribution in [-0.2, 0) is 45.4 Å². The maximum atomic E-state index is 13.7. The molecule has 8 aromatic rings. The van der Waals surface area contributed by atoms with Gasteiger partial charge in [0.05, 0.1) is 60.3 Å². The lowest BCUT2D eigenvalue weighted by atomic mass is 9.49. The van der Waals surface area contributed by atoms with E-state index in [0.717, 1.165) is 221 Å². The van der Waals surface area contributed by atoms with E-state index in [2.05, 4.69) is 71.5 Å². The van der Waals surface area contributed by atoms with Gasteiger partial charge in [-0.3, -0.25) is 23.9 Å². The summed E-state index contributed by atoms with van der Waals surface area (Å²) in [5, 5.41) is 74.7. The summed E-state index contributed by atoms with van der Waals surface area (Å²) in [5.41, 5.74) is 5.66. The number of hydrogen-bond acceptors (Lipinski definition) is 18. The van der Waals surface area contributed by atoms with Gasteiger partial charge in [0.2, 0.25) is 0 Å². The van der Waals surface area contributed by atoms with E-state index >= 15 is 0 Å². The molecular weight excluding hydrogens is 1690 g/mol. The van der Waals surface area contributed by atoms with Crippen LogP contribution in [0.3, 0.4) is 0 Å². The number of carbonyl (C=O) groups is 4. The molecule has 0 aliphatic heterocycles. The first kappa shape index (κ1) is 93.8. The van der Waals surface area contributed by atoms with Crippen LogP contribution in [0.25, 0.3) is 44.0 Å². The average molecular weight is 1850 g/mol. The van der Waals surface area contributed by atoms with Crippen molar-refractivity contribution in [3.05, 3.63) is 84.6 Å². The van der Waals surface area contributed by atoms with Crippen LogP contribution in [-0.4, -0.2) is 142 Å². The Morgan fingerprint density at radius 3 is 1.05 bits per heavy atom. The lowest BCUT2D eigenvalue weighted by Crippen LogP contribution is -2.51. The normalized spacial score (nSPS) is 41.8. The maximum Gasteiger partial charge on any atom is 0.159 e. The Morgan fingerprint density at radius 1 is 0.319 bits per heavy atom. The van der Waals surface area contributed by atoms with Crippen LogP contribution in [0, 0.1) is 171 Å². The molecule has 22 nitrogen and oxygen atoms in total. The quantitative estimate of drug-likeness (QED) is 0.0742. The van der Waals surface area contributed by atoms with Crippen molar-refractivity contribution >= 4 is 67.1 Å². The third-order valence-corrected chi connectivity index (χ3v) is 42.7. The van der Waals surface area contributed by atoms with Gasteiger partial charge in [-0.2, -0.15) is 20.1 Å². The smallest absolute Gasteiger partial charge is 0.159 e. The van der Waals surface area contributed by atoms with Crippen LogP contribution >= 0.6 is 0 Å². The number of Topliss-reactive ketones (excluding diaryl/α,β-unsaturated/α-hetero) is 4. The molecule has 22 heteroatoms. The van der Waals surface area contributed by atoms with E-state index in [1.54, 1.807) is 35.5 Å². The van der Waals surface area contributed by atoms with E-state index < -0.39 is 22.4 Å². The molecule has 0 saturated heterocycles. The molecule has 16 saturated carbocycles. The Morgan fingerprint density at radius 2 is 0.652 bits per heavy atom. The van der Waals surface area contributed by atoms with Gasteiger partial charge >= 0.3 is 0 Å². The summed E-state index contributed by atoms with van der Waals surface area (Å²) < 4.78 is 21.5. The summed E-state index contributed by atoms with van der Waals surface area (Å²) in [6.07, 6.45) is 41.5. The van der Waals surface area contributed by atoms with E-state index in [9.17, 15) is 39.6 Å². The number of aryl methyl sites for hydroxylation is 1. The summed E-state index contributed by atoms with van der Waals surface area (Å²) in [5.74, 6) is 19.2. The highest BCUT2D eigenvalue weighted by atomic mass is 16.5. The fourth-order valence-electron chi connectivity index (χ4n) is 36.4. The van der Waals surface area contributed by atoms with Crippen molar-refractivity contribution in [3.63, 3.8) is 0 Å². The first-order chi connectivity index (χ1) is 64.6. The number of fused-ring (bicyclic) bond motifs is 24. The Bertz CT molecular complexity index is 5710. The SMILES string of the molecule is COc1ccc2c(c1)nnn2CC(=O)[C@H]1CC[C@H]2[C@@H]3CC[C@@H]4C[C@](C)(O)CC[C@@H]4[C@H]3CC[C@]12C.COc1ccc2nn(CC(=O)[C@H]3CC[C@H]4[C@@H]5CC[C@@H]6C[C@](C)(O)CC[C@@H]6[C@H]5CC[C@]34C)nc2c1.COc1ccc2nnn(CC(=O)[C@H]3CC[C@H]4[C@@H]5CC[C@@H]6C[C@](C)(O)CC[C@@H]6[C@H]5CC[C@]34C)c2c1.Cc1c2ccccc2nn1CC(=O)[C@H]1CC[C@H]2[C@@H]3CC[C@@H]4C[C@](C)(O)CC[C@@H]4[C@H]3CC[C@]12C. The molecule has 16 fully saturated rings. The van der Waals surface area contributed by atoms with Crippen LogP contribution in [0.5, 0.6) is 17.2 Å². The number of benzene rings is 4. The number of hydrogen-bond donors (Lipinski definition) is 4. The zero-order chi connectivity index (χ0) is 94.0. The number of nitrogens with zero attached hydrogens (tertiary/aromatic N) is 11. The number of carbonyl (C=O) groups excluding carboxylic acids is 4. The van der Waals surface area contributed by atoms with Crippen molar-refractivity contribution in [1.29, 1.82) is 0 Å². The second-order valence-electron chi connectivity index (χ2n) is 49.8. The molecule has 135 heavy (non-hydrogen) atoms. The summed E-state index contributed by atoms with van der Waals surface area (Å²) in [7, 11) is 4.94. The predicted molar refractivity (Wildman–Crippen MR) is 522 cm³/mol. The molecule has 4 N–H and O–H groups in total. The molecule has 4 aromatic carbocycles. The average Bonchev–Trinajstić information content (AvgIpc) is 1.72. The van der Waals surface area contributed by atoms with E-state index in [-0.39, 0.29) is 51.9 Å². The van der Waals surface area contributed by atoms with Crippen molar-refractivity contribution < 1.29 is 53.8 Å². The molecule has 16 aliphatic carbocycles. The highest BCUT2D eigenvalue weighted by molar-refractivity contribution is 5.87. The van der Waals surface area contributed by atoms with E-state index in [4.69, 9.17) is 19.3 Å². The first-order valence-corrected chi connectivity index (χ1v) is 53.7. The topological polar surface area (TPSA) is 287 Å². The van der Waals surface area contributed by atoms with Gasteiger partial charge in [-0.25, -0.2) is 9.36 Å². The van der Waals surface area contributed by atoms with Crippen molar-refractivity contribution in [2.75, 3.05) is 21.3 Å². The van der Waals surface area contributed by atoms with Crippen LogP contribution in [0.4, 0.5) is 0 Å². The van der Waals surface area contributed by atoms with Gasteiger partial charge in [0.15, 0.2) is 23.1 Å². The minimum Gasteiger partial charge on any atom is -0.497 e. The minimum absolute atomic E-state index is 0.110. The highest BCUT2D eigenvalue weighted by Gasteiger charge is 2.65. The Kier molecular flexibility index (Phi) is 24.9. The number of aromatic nitrogens is 11. The zero-order valence-electron chi connectivity index (χ0n) is 83.2. The molecule has 0 unspecified atom stereocenters. The fourth-order valence-corrected chi connectivity index (χ4v) is 36.4. The van der Waals surface area contributed by atoms with Gasteiger partial charge in [-0.05, 0) is 448 Å². The number of ether oxygens (including phenoxy) is 3. The van der Waals surface area contributed by atoms with Gasteiger partial charge in [0.25, 0.3) is 0 Å². The number of methoxy groups -OCH3 is 3. The summed E-state index contributed by atoms with van der Waals surface area (Å²) in [4.78, 5) is 56.2. The van der Waals surface area contributed by atoms with Gasteiger partial charge in [-0.15, -0.1) is 10.2 Å². The predicted octanol–water partition coefficient (Wildman–Crippen LogP) is 21.0. The Balaban J connectivity index is 0.000000108. The van der Waals surface area contributed by atoms with Crippen molar-refractivity contribution in [2.45, 2.75) is 342 Å². The molecule has 730 valence electrons.